The minimum Gasteiger partial charge on any atom is -0.368 e. The number of benzene rings is 2. The first-order valence-electron chi connectivity index (χ1n) is 8.20. The molecule has 3 nitrogen and oxygen atoms in total. The van der Waals surface area contributed by atoms with E-state index in [0.717, 1.165) is 25.2 Å². The minimum atomic E-state index is -0.885. The van der Waals surface area contributed by atoms with Crippen molar-refractivity contribution >= 4 is 23.4 Å². The van der Waals surface area contributed by atoms with E-state index in [1.54, 1.807) is 0 Å². The highest BCUT2D eigenvalue weighted by Gasteiger charge is 2.21. The monoisotopic (exact) mass is 362 g/mol. The Bertz CT molecular complexity index is 761. The summed E-state index contributed by atoms with van der Waals surface area (Å²) in [6, 6.07) is 12.1. The number of hydrogen-bond donors (Lipinski definition) is 0. The molecule has 0 spiro atoms. The van der Waals surface area contributed by atoms with E-state index < -0.39 is 11.6 Å². The first-order chi connectivity index (χ1) is 12.0. The van der Waals surface area contributed by atoms with Gasteiger partial charge in [-0.3, -0.25) is 4.79 Å². The molecule has 0 saturated carbocycles. The molecule has 0 unspecified atom stereocenters. The van der Waals surface area contributed by atoms with E-state index in [1.165, 1.54) is 29.1 Å². The van der Waals surface area contributed by atoms with Gasteiger partial charge in [0.25, 0.3) is 0 Å². The van der Waals surface area contributed by atoms with E-state index in [2.05, 4.69) is 30.0 Å². The molecule has 0 bridgehead atoms. The van der Waals surface area contributed by atoms with Crippen LogP contribution in [-0.2, 0) is 4.79 Å². The molecule has 1 heterocycles. The Morgan fingerprint density at radius 1 is 1.04 bits per heavy atom. The zero-order valence-electron chi connectivity index (χ0n) is 14.0. The normalized spacial score (nSPS) is 14.7. The van der Waals surface area contributed by atoms with Crippen LogP contribution in [0.5, 0.6) is 0 Å². The molecule has 0 radical (unpaired) electrons. The van der Waals surface area contributed by atoms with Crippen LogP contribution in [0.25, 0.3) is 0 Å². The third-order valence-electron chi connectivity index (χ3n) is 4.25. The predicted molar refractivity (Wildman–Crippen MR) is 97.1 cm³/mol. The Hall–Kier alpha value is -2.08. The van der Waals surface area contributed by atoms with Gasteiger partial charge in [0.05, 0.1) is 5.75 Å². The van der Waals surface area contributed by atoms with Crippen LogP contribution in [-0.4, -0.2) is 42.7 Å². The van der Waals surface area contributed by atoms with Gasteiger partial charge in [0.1, 0.15) is 0 Å². The standard InChI is InChI=1S/C19H20F2N2OS/c1-14-3-2-4-15(11-14)22-7-9-23(10-8-22)19(24)13-25-16-5-6-17(20)18(21)12-16/h2-6,11-12H,7-10,13H2,1H3. The van der Waals surface area contributed by atoms with Crippen LogP contribution < -0.4 is 4.90 Å². The van der Waals surface area contributed by atoms with E-state index >= 15 is 0 Å². The summed E-state index contributed by atoms with van der Waals surface area (Å²) in [5, 5.41) is 0. The molecule has 0 aromatic heterocycles. The molecule has 1 saturated heterocycles. The second-order valence-corrected chi connectivity index (χ2v) is 7.12. The fourth-order valence-electron chi connectivity index (χ4n) is 2.84. The van der Waals surface area contributed by atoms with Gasteiger partial charge in [-0.1, -0.05) is 12.1 Å². The van der Waals surface area contributed by atoms with Crippen molar-refractivity contribution in [2.45, 2.75) is 11.8 Å². The van der Waals surface area contributed by atoms with Gasteiger partial charge in [0.2, 0.25) is 5.91 Å². The van der Waals surface area contributed by atoms with Crippen molar-refractivity contribution in [3.05, 3.63) is 59.7 Å². The summed E-state index contributed by atoms with van der Waals surface area (Å²) in [6.45, 7) is 5.01. The number of halogens is 2. The fourth-order valence-corrected chi connectivity index (χ4v) is 3.67. The number of anilines is 1. The summed E-state index contributed by atoms with van der Waals surface area (Å²) in [4.78, 5) is 17.0. The van der Waals surface area contributed by atoms with Gasteiger partial charge in [-0.2, -0.15) is 0 Å². The number of rotatable bonds is 4. The SMILES string of the molecule is Cc1cccc(N2CCN(C(=O)CSc3ccc(F)c(F)c3)CC2)c1. The number of piperazine rings is 1. The number of hydrogen-bond acceptors (Lipinski definition) is 3. The molecule has 25 heavy (non-hydrogen) atoms. The van der Waals surface area contributed by atoms with E-state index in [1.807, 2.05) is 11.0 Å². The summed E-state index contributed by atoms with van der Waals surface area (Å²) < 4.78 is 26.1. The predicted octanol–water partition coefficient (Wildman–Crippen LogP) is 3.71. The number of carbonyl (C=O) groups is 1. The van der Waals surface area contributed by atoms with Gasteiger partial charge < -0.3 is 9.80 Å². The molecule has 1 fully saturated rings. The van der Waals surface area contributed by atoms with Gasteiger partial charge in [-0.05, 0) is 42.8 Å². The molecule has 0 N–H and O–H groups in total. The molecule has 1 amide bonds. The molecule has 6 heteroatoms. The van der Waals surface area contributed by atoms with Crippen molar-refractivity contribution < 1.29 is 13.6 Å². The quantitative estimate of drug-likeness (QED) is 0.775. The minimum absolute atomic E-state index is 0.0265. The van der Waals surface area contributed by atoms with Gasteiger partial charge in [-0.25, -0.2) is 8.78 Å². The molecular formula is C19H20F2N2OS. The first kappa shape index (κ1) is 17.7. The second-order valence-electron chi connectivity index (χ2n) is 6.07. The maximum absolute atomic E-state index is 13.2. The van der Waals surface area contributed by atoms with Crippen LogP contribution in [0.1, 0.15) is 5.56 Å². The Kier molecular flexibility index (Phi) is 5.58. The van der Waals surface area contributed by atoms with Gasteiger partial charge in [0, 0.05) is 36.8 Å². The van der Waals surface area contributed by atoms with E-state index in [9.17, 15) is 13.6 Å². The van der Waals surface area contributed by atoms with Gasteiger partial charge >= 0.3 is 0 Å². The van der Waals surface area contributed by atoms with Crippen LogP contribution in [0.4, 0.5) is 14.5 Å². The van der Waals surface area contributed by atoms with Crippen molar-refractivity contribution in [1.82, 2.24) is 4.90 Å². The molecule has 0 aliphatic carbocycles. The van der Waals surface area contributed by atoms with Crippen molar-refractivity contribution in [2.75, 3.05) is 36.8 Å². The molecule has 3 rings (SSSR count). The average Bonchev–Trinajstić information content (AvgIpc) is 2.62. The van der Waals surface area contributed by atoms with Crippen molar-refractivity contribution in [3.63, 3.8) is 0 Å². The summed E-state index contributed by atoms with van der Waals surface area (Å²) in [5.74, 6) is -1.50. The molecule has 2 aromatic rings. The number of nitrogens with zero attached hydrogens (tertiary/aromatic N) is 2. The largest absolute Gasteiger partial charge is 0.368 e. The Morgan fingerprint density at radius 3 is 2.48 bits per heavy atom. The van der Waals surface area contributed by atoms with Crippen molar-refractivity contribution in [1.29, 1.82) is 0 Å². The van der Waals surface area contributed by atoms with E-state index in [-0.39, 0.29) is 11.7 Å². The van der Waals surface area contributed by atoms with Crippen molar-refractivity contribution in [3.8, 4) is 0 Å². The summed E-state index contributed by atoms with van der Waals surface area (Å²) in [5.41, 5.74) is 2.40. The number of aryl methyl sites for hydroxylation is 1. The highest BCUT2D eigenvalue weighted by molar-refractivity contribution is 8.00. The Labute approximate surface area is 150 Å². The van der Waals surface area contributed by atoms with Gasteiger partial charge in [0.15, 0.2) is 11.6 Å². The maximum Gasteiger partial charge on any atom is 0.233 e. The first-order valence-corrected chi connectivity index (χ1v) is 9.19. The van der Waals surface area contributed by atoms with Crippen LogP contribution >= 0.6 is 11.8 Å². The average molecular weight is 362 g/mol. The topological polar surface area (TPSA) is 23.6 Å². The van der Waals surface area contributed by atoms with Crippen LogP contribution in [0.2, 0.25) is 0 Å². The molecule has 132 valence electrons. The highest BCUT2D eigenvalue weighted by atomic mass is 32.2. The third kappa shape index (κ3) is 4.51. The van der Waals surface area contributed by atoms with Crippen LogP contribution in [0, 0.1) is 18.6 Å². The number of carbonyl (C=O) groups excluding carboxylic acids is 1. The maximum atomic E-state index is 13.2. The van der Waals surface area contributed by atoms with Crippen LogP contribution in [0.15, 0.2) is 47.4 Å². The van der Waals surface area contributed by atoms with Gasteiger partial charge in [-0.15, -0.1) is 11.8 Å². The second kappa shape index (κ2) is 7.87. The lowest BCUT2D eigenvalue weighted by atomic mass is 10.2. The zero-order chi connectivity index (χ0) is 17.8. The molecule has 1 aliphatic heterocycles. The van der Waals surface area contributed by atoms with E-state index in [0.29, 0.717) is 18.0 Å². The number of thioether (sulfide) groups is 1. The lowest BCUT2D eigenvalue weighted by Crippen LogP contribution is -2.49. The van der Waals surface area contributed by atoms with E-state index in [4.69, 9.17) is 0 Å². The lowest BCUT2D eigenvalue weighted by molar-refractivity contribution is -0.128. The molecule has 2 aromatic carbocycles. The zero-order valence-corrected chi connectivity index (χ0v) is 14.9. The van der Waals surface area contributed by atoms with Crippen LogP contribution in [0.3, 0.4) is 0 Å². The number of amides is 1. The van der Waals surface area contributed by atoms with Crippen molar-refractivity contribution in [2.24, 2.45) is 0 Å². The molecule has 0 atom stereocenters. The smallest absolute Gasteiger partial charge is 0.233 e. The summed E-state index contributed by atoms with van der Waals surface area (Å²) >= 11 is 1.23. The summed E-state index contributed by atoms with van der Waals surface area (Å²) in [7, 11) is 0. The Morgan fingerprint density at radius 2 is 1.80 bits per heavy atom. The summed E-state index contributed by atoms with van der Waals surface area (Å²) in [6.07, 6.45) is 0. The molecular weight excluding hydrogens is 342 g/mol. The Balaban J connectivity index is 1.50. The molecule has 1 aliphatic rings. The lowest BCUT2D eigenvalue weighted by Gasteiger charge is -2.36. The fraction of sp³-hybridized carbons (Fsp3) is 0.316. The third-order valence-corrected chi connectivity index (χ3v) is 5.23. The highest BCUT2D eigenvalue weighted by Crippen LogP contribution is 2.22.